The van der Waals surface area contributed by atoms with Gasteiger partial charge in [0.2, 0.25) is 0 Å². The highest BCUT2D eigenvalue weighted by atomic mass is 19.1. The molecule has 1 N–H and O–H groups in total. The minimum Gasteiger partial charge on any atom is -0.393 e. The van der Waals surface area contributed by atoms with Gasteiger partial charge in [-0.2, -0.15) is 5.26 Å². The second-order valence-electron chi connectivity index (χ2n) is 4.43. The van der Waals surface area contributed by atoms with E-state index in [1.807, 2.05) is 6.07 Å². The Morgan fingerprint density at radius 2 is 2.12 bits per heavy atom. The smallest absolute Gasteiger partial charge is 0.127 e. The van der Waals surface area contributed by atoms with Gasteiger partial charge in [0.25, 0.3) is 0 Å². The summed E-state index contributed by atoms with van der Waals surface area (Å²) in [6.07, 6.45) is 1.25. The highest BCUT2D eigenvalue weighted by molar-refractivity contribution is 5.33. The van der Waals surface area contributed by atoms with Crippen molar-refractivity contribution < 1.29 is 9.50 Å². The van der Waals surface area contributed by atoms with Gasteiger partial charge in [-0.05, 0) is 31.0 Å². The lowest BCUT2D eigenvalue weighted by Gasteiger charge is -2.29. The highest BCUT2D eigenvalue weighted by Crippen LogP contribution is 2.16. The maximum Gasteiger partial charge on any atom is 0.127 e. The number of nitriles is 1. The van der Waals surface area contributed by atoms with E-state index in [1.165, 1.54) is 12.1 Å². The molecule has 0 radical (unpaired) electrons. The predicted octanol–water partition coefficient (Wildman–Crippen LogP) is 1.65. The van der Waals surface area contributed by atoms with Crippen LogP contribution in [0.1, 0.15) is 24.0 Å². The molecule has 0 amide bonds. The molecule has 1 saturated heterocycles. The maximum atomic E-state index is 13.6. The molecule has 90 valence electrons. The number of rotatable bonds is 2. The highest BCUT2D eigenvalue weighted by Gasteiger charge is 2.18. The van der Waals surface area contributed by atoms with Crippen molar-refractivity contribution in [1.82, 2.24) is 4.90 Å². The number of hydrogen-bond donors (Lipinski definition) is 1. The number of aliphatic hydroxyl groups is 1. The van der Waals surface area contributed by atoms with E-state index >= 15 is 0 Å². The number of likely N-dealkylation sites (tertiary alicyclic amines) is 1. The topological polar surface area (TPSA) is 47.3 Å². The molecule has 1 aliphatic rings. The summed E-state index contributed by atoms with van der Waals surface area (Å²) in [6.45, 7) is 2.06. The summed E-state index contributed by atoms with van der Waals surface area (Å²) in [7, 11) is 0. The van der Waals surface area contributed by atoms with Crippen molar-refractivity contribution in [2.75, 3.05) is 13.1 Å². The molecule has 2 rings (SSSR count). The number of nitrogens with zero attached hydrogens (tertiary/aromatic N) is 2. The van der Waals surface area contributed by atoms with Crippen molar-refractivity contribution >= 4 is 0 Å². The lowest BCUT2D eigenvalue weighted by molar-refractivity contribution is 0.0787. The minimum absolute atomic E-state index is 0.221. The number of benzene rings is 1. The van der Waals surface area contributed by atoms with E-state index in [9.17, 15) is 9.50 Å². The van der Waals surface area contributed by atoms with Crippen LogP contribution >= 0.6 is 0 Å². The SMILES string of the molecule is N#Cc1ccc(F)c(CN2CCC(O)CC2)c1. The van der Waals surface area contributed by atoms with Crippen LogP contribution in [0.25, 0.3) is 0 Å². The van der Waals surface area contributed by atoms with Gasteiger partial charge < -0.3 is 5.11 Å². The molecular formula is C13H15FN2O. The van der Waals surface area contributed by atoms with Gasteiger partial charge >= 0.3 is 0 Å². The fraction of sp³-hybridized carbons (Fsp3) is 0.462. The van der Waals surface area contributed by atoms with Gasteiger partial charge in [0.1, 0.15) is 5.82 Å². The van der Waals surface area contributed by atoms with Crippen molar-refractivity contribution in [2.24, 2.45) is 0 Å². The first-order chi connectivity index (χ1) is 8.19. The van der Waals surface area contributed by atoms with Crippen LogP contribution < -0.4 is 0 Å². The van der Waals surface area contributed by atoms with E-state index in [0.717, 1.165) is 25.9 Å². The summed E-state index contributed by atoms with van der Waals surface area (Å²) in [4.78, 5) is 2.10. The third-order valence-electron chi connectivity index (χ3n) is 3.13. The molecular weight excluding hydrogens is 219 g/mol. The van der Waals surface area contributed by atoms with Crippen molar-refractivity contribution in [2.45, 2.75) is 25.5 Å². The fourth-order valence-corrected chi connectivity index (χ4v) is 2.08. The second kappa shape index (κ2) is 5.26. The van der Waals surface area contributed by atoms with E-state index in [1.54, 1.807) is 6.07 Å². The summed E-state index contributed by atoms with van der Waals surface area (Å²) in [6, 6.07) is 6.44. The second-order valence-corrected chi connectivity index (χ2v) is 4.43. The van der Waals surface area contributed by atoms with Crippen LogP contribution in [0, 0.1) is 17.1 Å². The largest absolute Gasteiger partial charge is 0.393 e. The van der Waals surface area contributed by atoms with Crippen LogP contribution in [-0.4, -0.2) is 29.2 Å². The average molecular weight is 234 g/mol. The van der Waals surface area contributed by atoms with Crippen molar-refractivity contribution in [3.63, 3.8) is 0 Å². The van der Waals surface area contributed by atoms with Crippen LogP contribution in [0.2, 0.25) is 0 Å². The molecule has 1 aliphatic heterocycles. The monoisotopic (exact) mass is 234 g/mol. The average Bonchev–Trinajstić information content (AvgIpc) is 2.35. The summed E-state index contributed by atoms with van der Waals surface area (Å²) in [5.74, 6) is -0.268. The van der Waals surface area contributed by atoms with Crippen LogP contribution in [0.15, 0.2) is 18.2 Å². The summed E-state index contributed by atoms with van der Waals surface area (Å²) in [5.41, 5.74) is 1.04. The molecule has 1 aromatic rings. The first-order valence-electron chi connectivity index (χ1n) is 5.78. The molecule has 1 fully saturated rings. The molecule has 0 bridgehead atoms. The van der Waals surface area contributed by atoms with Crippen molar-refractivity contribution in [3.8, 4) is 6.07 Å². The first kappa shape index (κ1) is 12.0. The van der Waals surface area contributed by atoms with Gasteiger partial charge in [0, 0.05) is 25.2 Å². The number of halogens is 1. The normalized spacial score (nSPS) is 17.9. The molecule has 3 nitrogen and oxygen atoms in total. The van der Waals surface area contributed by atoms with Crippen molar-refractivity contribution in [3.05, 3.63) is 35.1 Å². The zero-order chi connectivity index (χ0) is 12.3. The molecule has 0 atom stereocenters. The maximum absolute atomic E-state index is 13.6. The van der Waals surface area contributed by atoms with E-state index in [4.69, 9.17) is 5.26 Å². The lowest BCUT2D eigenvalue weighted by Crippen LogP contribution is -2.35. The Kier molecular flexibility index (Phi) is 3.72. The molecule has 4 heteroatoms. The Bertz CT molecular complexity index is 434. The summed E-state index contributed by atoms with van der Waals surface area (Å²) >= 11 is 0. The predicted molar refractivity (Wildman–Crippen MR) is 61.6 cm³/mol. The zero-order valence-electron chi connectivity index (χ0n) is 9.56. The zero-order valence-corrected chi connectivity index (χ0v) is 9.56. The molecule has 0 aromatic heterocycles. The van der Waals surface area contributed by atoms with Gasteiger partial charge in [-0.3, -0.25) is 4.90 Å². The fourth-order valence-electron chi connectivity index (χ4n) is 2.08. The van der Waals surface area contributed by atoms with Crippen LogP contribution in [0.3, 0.4) is 0 Å². The van der Waals surface area contributed by atoms with Gasteiger partial charge in [-0.1, -0.05) is 0 Å². The number of piperidine rings is 1. The number of hydrogen-bond acceptors (Lipinski definition) is 3. The Labute approximate surface area is 100 Å². The summed E-state index contributed by atoms with van der Waals surface area (Å²) in [5, 5.41) is 18.2. The quantitative estimate of drug-likeness (QED) is 0.846. The molecule has 1 heterocycles. The van der Waals surface area contributed by atoms with Crippen LogP contribution in [0.5, 0.6) is 0 Å². The standard InChI is InChI=1S/C13H15FN2O/c14-13-2-1-10(8-15)7-11(13)9-16-5-3-12(17)4-6-16/h1-2,7,12,17H,3-6,9H2. The van der Waals surface area contributed by atoms with E-state index in [2.05, 4.69) is 4.90 Å². The minimum atomic E-state index is -0.268. The number of aliphatic hydroxyl groups excluding tert-OH is 1. The Morgan fingerprint density at radius 3 is 2.76 bits per heavy atom. The Hall–Kier alpha value is -1.44. The van der Waals surface area contributed by atoms with Gasteiger partial charge in [0.15, 0.2) is 0 Å². The molecule has 0 aliphatic carbocycles. The van der Waals surface area contributed by atoms with Gasteiger partial charge in [-0.25, -0.2) is 4.39 Å². The van der Waals surface area contributed by atoms with E-state index in [0.29, 0.717) is 17.7 Å². The molecule has 0 unspecified atom stereocenters. The van der Waals surface area contributed by atoms with E-state index < -0.39 is 0 Å². The Balaban J connectivity index is 2.05. The van der Waals surface area contributed by atoms with Gasteiger partial charge in [-0.15, -0.1) is 0 Å². The molecule has 0 spiro atoms. The third kappa shape index (κ3) is 3.02. The van der Waals surface area contributed by atoms with Gasteiger partial charge in [0.05, 0.1) is 17.7 Å². The Morgan fingerprint density at radius 1 is 1.41 bits per heavy atom. The van der Waals surface area contributed by atoms with E-state index in [-0.39, 0.29) is 11.9 Å². The lowest BCUT2D eigenvalue weighted by atomic mass is 10.1. The van der Waals surface area contributed by atoms with Crippen LogP contribution in [0.4, 0.5) is 4.39 Å². The molecule has 1 aromatic carbocycles. The summed E-state index contributed by atoms with van der Waals surface area (Å²) < 4.78 is 13.6. The first-order valence-corrected chi connectivity index (χ1v) is 5.78. The van der Waals surface area contributed by atoms with Crippen LogP contribution in [-0.2, 0) is 6.54 Å². The van der Waals surface area contributed by atoms with Crippen molar-refractivity contribution in [1.29, 1.82) is 5.26 Å². The molecule has 17 heavy (non-hydrogen) atoms. The molecule has 0 saturated carbocycles. The third-order valence-corrected chi connectivity index (χ3v) is 3.13.